The van der Waals surface area contributed by atoms with Crippen LogP contribution in [0, 0.1) is 0 Å². The highest BCUT2D eigenvalue weighted by Crippen LogP contribution is 2.38. The van der Waals surface area contributed by atoms with Crippen LogP contribution >= 0.6 is 11.6 Å². The largest absolute Gasteiger partial charge is 0.376 e. The SMILES string of the molecule is CCc1c(C(=O)N2CCC23COC3)cnn1-c1ccccc1Cl. The average molecular weight is 332 g/mol. The molecule has 5 nitrogen and oxygen atoms in total. The Balaban J connectivity index is 1.71. The van der Waals surface area contributed by atoms with Crippen LogP contribution in [0.5, 0.6) is 0 Å². The van der Waals surface area contributed by atoms with Crippen LogP contribution in [0.4, 0.5) is 0 Å². The Kier molecular flexibility index (Phi) is 3.43. The number of aromatic nitrogens is 2. The van der Waals surface area contributed by atoms with E-state index in [2.05, 4.69) is 5.10 Å². The fourth-order valence-corrected chi connectivity index (χ4v) is 3.58. The third kappa shape index (κ3) is 2.11. The fraction of sp³-hybridized carbons (Fsp3) is 0.412. The molecule has 2 aliphatic rings. The molecular weight excluding hydrogens is 314 g/mol. The van der Waals surface area contributed by atoms with Crippen LogP contribution in [0.1, 0.15) is 29.4 Å². The Labute approximate surface area is 139 Å². The molecule has 4 rings (SSSR count). The second-order valence-corrected chi connectivity index (χ2v) is 6.55. The number of amides is 1. The van der Waals surface area contributed by atoms with Gasteiger partial charge in [0.15, 0.2) is 0 Å². The van der Waals surface area contributed by atoms with Crippen molar-refractivity contribution in [3.8, 4) is 5.69 Å². The van der Waals surface area contributed by atoms with Crippen LogP contribution in [-0.4, -0.2) is 45.9 Å². The van der Waals surface area contributed by atoms with Crippen molar-refractivity contribution in [3.63, 3.8) is 0 Å². The number of carbonyl (C=O) groups excluding carboxylic acids is 1. The summed E-state index contributed by atoms with van der Waals surface area (Å²) in [5, 5.41) is 5.05. The molecule has 1 aromatic carbocycles. The lowest BCUT2D eigenvalue weighted by atomic mass is 9.82. The van der Waals surface area contributed by atoms with Crippen molar-refractivity contribution in [2.75, 3.05) is 19.8 Å². The Morgan fingerprint density at radius 3 is 2.74 bits per heavy atom. The van der Waals surface area contributed by atoms with Gasteiger partial charge in [-0.2, -0.15) is 5.10 Å². The number of likely N-dealkylation sites (tertiary alicyclic amines) is 1. The molecule has 6 heteroatoms. The summed E-state index contributed by atoms with van der Waals surface area (Å²) in [4.78, 5) is 14.9. The van der Waals surface area contributed by atoms with Crippen molar-refractivity contribution in [2.45, 2.75) is 25.3 Å². The van der Waals surface area contributed by atoms with Crippen LogP contribution in [0.15, 0.2) is 30.5 Å². The summed E-state index contributed by atoms with van der Waals surface area (Å²) in [6.07, 6.45) is 3.40. The maximum absolute atomic E-state index is 12.9. The highest BCUT2D eigenvalue weighted by Gasteiger charge is 2.53. The number of nitrogens with zero attached hydrogens (tertiary/aromatic N) is 3. The van der Waals surface area contributed by atoms with E-state index in [9.17, 15) is 4.79 Å². The van der Waals surface area contributed by atoms with Crippen molar-refractivity contribution in [3.05, 3.63) is 46.7 Å². The summed E-state index contributed by atoms with van der Waals surface area (Å²) in [6, 6.07) is 7.54. The fourth-order valence-electron chi connectivity index (χ4n) is 3.36. The van der Waals surface area contributed by atoms with Gasteiger partial charge in [-0.1, -0.05) is 30.7 Å². The predicted octanol–water partition coefficient (Wildman–Crippen LogP) is 2.70. The molecule has 2 aliphatic heterocycles. The minimum atomic E-state index is -0.0609. The van der Waals surface area contributed by atoms with Gasteiger partial charge in [-0.05, 0) is 25.0 Å². The third-order valence-corrected chi connectivity index (χ3v) is 5.19. The number of carbonyl (C=O) groups is 1. The number of para-hydroxylation sites is 1. The summed E-state index contributed by atoms with van der Waals surface area (Å²) in [6.45, 7) is 4.12. The first-order valence-electron chi connectivity index (χ1n) is 7.88. The first-order valence-corrected chi connectivity index (χ1v) is 8.25. The lowest BCUT2D eigenvalue weighted by molar-refractivity contribution is -0.172. The number of rotatable bonds is 3. The average Bonchev–Trinajstić information content (AvgIpc) is 2.88. The van der Waals surface area contributed by atoms with E-state index >= 15 is 0 Å². The van der Waals surface area contributed by atoms with Crippen LogP contribution in [-0.2, 0) is 11.2 Å². The molecule has 0 atom stereocenters. The number of ether oxygens (including phenoxy) is 1. The van der Waals surface area contributed by atoms with Crippen LogP contribution < -0.4 is 0 Å². The molecule has 0 saturated carbocycles. The lowest BCUT2D eigenvalue weighted by Gasteiger charge is -2.57. The molecule has 0 aliphatic carbocycles. The quantitative estimate of drug-likeness (QED) is 0.868. The van der Waals surface area contributed by atoms with Gasteiger partial charge in [0, 0.05) is 6.54 Å². The number of hydrogen-bond acceptors (Lipinski definition) is 3. The molecule has 120 valence electrons. The van der Waals surface area contributed by atoms with Gasteiger partial charge >= 0.3 is 0 Å². The van der Waals surface area contributed by atoms with Gasteiger partial charge in [0.2, 0.25) is 0 Å². The van der Waals surface area contributed by atoms with E-state index in [0.717, 1.165) is 24.3 Å². The summed E-state index contributed by atoms with van der Waals surface area (Å²) in [5.41, 5.74) is 2.30. The van der Waals surface area contributed by atoms with E-state index in [-0.39, 0.29) is 11.4 Å². The molecule has 0 radical (unpaired) electrons. The second-order valence-electron chi connectivity index (χ2n) is 6.15. The van der Waals surface area contributed by atoms with Gasteiger partial charge in [0.25, 0.3) is 5.91 Å². The van der Waals surface area contributed by atoms with Gasteiger partial charge in [-0.15, -0.1) is 0 Å². The third-order valence-electron chi connectivity index (χ3n) is 4.87. The van der Waals surface area contributed by atoms with Gasteiger partial charge < -0.3 is 9.64 Å². The molecule has 3 heterocycles. The van der Waals surface area contributed by atoms with Crippen LogP contribution in [0.3, 0.4) is 0 Å². The lowest BCUT2D eigenvalue weighted by Crippen LogP contribution is -2.72. The van der Waals surface area contributed by atoms with Crippen molar-refractivity contribution < 1.29 is 9.53 Å². The molecule has 0 bridgehead atoms. The van der Waals surface area contributed by atoms with E-state index in [1.54, 1.807) is 10.9 Å². The van der Waals surface area contributed by atoms with Gasteiger partial charge in [-0.25, -0.2) is 4.68 Å². The van der Waals surface area contributed by atoms with Crippen molar-refractivity contribution in [1.29, 1.82) is 0 Å². The Morgan fingerprint density at radius 2 is 2.17 bits per heavy atom. The summed E-state index contributed by atoms with van der Waals surface area (Å²) < 4.78 is 7.09. The van der Waals surface area contributed by atoms with E-state index in [1.165, 1.54) is 0 Å². The van der Waals surface area contributed by atoms with E-state index < -0.39 is 0 Å². The molecule has 2 aromatic rings. The zero-order chi connectivity index (χ0) is 16.0. The molecular formula is C17H18ClN3O2. The molecule has 0 N–H and O–H groups in total. The molecule has 1 spiro atoms. The Morgan fingerprint density at radius 1 is 1.39 bits per heavy atom. The van der Waals surface area contributed by atoms with E-state index in [0.29, 0.717) is 30.2 Å². The van der Waals surface area contributed by atoms with E-state index in [1.807, 2.05) is 36.1 Å². The smallest absolute Gasteiger partial charge is 0.257 e. The maximum Gasteiger partial charge on any atom is 0.257 e. The summed E-state index contributed by atoms with van der Waals surface area (Å²) in [7, 11) is 0. The van der Waals surface area contributed by atoms with Gasteiger partial charge in [-0.3, -0.25) is 4.79 Å². The second kappa shape index (κ2) is 5.35. The van der Waals surface area contributed by atoms with Crippen LogP contribution in [0.25, 0.3) is 5.69 Å². The molecule has 23 heavy (non-hydrogen) atoms. The molecule has 1 aromatic heterocycles. The van der Waals surface area contributed by atoms with Crippen LogP contribution in [0.2, 0.25) is 5.02 Å². The van der Waals surface area contributed by atoms with Gasteiger partial charge in [0.05, 0.1) is 46.9 Å². The standard InChI is InChI=1S/C17H18ClN3O2/c1-2-14-12(16(22)20-8-7-17(20)10-23-11-17)9-19-21(14)15-6-4-3-5-13(15)18/h3-6,9H,2,7-8,10-11H2,1H3. The minimum absolute atomic E-state index is 0.0507. The maximum atomic E-state index is 12.9. The molecule has 2 saturated heterocycles. The molecule has 0 unspecified atom stereocenters. The van der Waals surface area contributed by atoms with Crippen molar-refractivity contribution >= 4 is 17.5 Å². The number of hydrogen-bond donors (Lipinski definition) is 0. The minimum Gasteiger partial charge on any atom is -0.376 e. The zero-order valence-electron chi connectivity index (χ0n) is 13.0. The predicted molar refractivity (Wildman–Crippen MR) is 87.2 cm³/mol. The highest BCUT2D eigenvalue weighted by molar-refractivity contribution is 6.32. The van der Waals surface area contributed by atoms with Crippen molar-refractivity contribution in [1.82, 2.24) is 14.7 Å². The topological polar surface area (TPSA) is 47.4 Å². The van der Waals surface area contributed by atoms with E-state index in [4.69, 9.17) is 16.3 Å². The van der Waals surface area contributed by atoms with Crippen molar-refractivity contribution in [2.24, 2.45) is 0 Å². The first-order chi connectivity index (χ1) is 11.2. The number of benzene rings is 1. The Hall–Kier alpha value is -1.85. The normalized spacial score (nSPS) is 18.6. The summed E-state index contributed by atoms with van der Waals surface area (Å²) >= 11 is 6.28. The number of halogens is 1. The molecule has 2 fully saturated rings. The first kappa shape index (κ1) is 14.7. The monoisotopic (exact) mass is 331 g/mol. The Bertz CT molecular complexity index is 761. The highest BCUT2D eigenvalue weighted by atomic mass is 35.5. The van der Waals surface area contributed by atoms with Gasteiger partial charge in [0.1, 0.15) is 0 Å². The molecule has 1 amide bonds. The zero-order valence-corrected chi connectivity index (χ0v) is 13.7. The summed E-state index contributed by atoms with van der Waals surface area (Å²) in [5.74, 6) is 0.0507.